The molecular weight excluding hydrogens is 541 g/mol. The van der Waals surface area contributed by atoms with Gasteiger partial charge in [0.2, 0.25) is 0 Å². The predicted octanol–water partition coefficient (Wildman–Crippen LogP) is 4.87. The highest BCUT2D eigenvalue weighted by Crippen LogP contribution is 2.37. The molecule has 1 aliphatic rings. The van der Waals surface area contributed by atoms with E-state index in [1.807, 2.05) is 30.3 Å². The van der Waals surface area contributed by atoms with Gasteiger partial charge in [-0.1, -0.05) is 35.3 Å². The maximum Gasteiger partial charge on any atom is 0.330 e. The highest BCUT2D eigenvalue weighted by molar-refractivity contribution is 6.42. The number of Topliss-reactive ketones (excluding diaryl/α,β-unsaturated/α-hetero) is 1. The summed E-state index contributed by atoms with van der Waals surface area (Å²) in [7, 11) is 3.16. The Kier molecular flexibility index (Phi) is 9.53. The third-order valence-corrected chi connectivity index (χ3v) is 7.60. The highest BCUT2D eigenvalue weighted by atomic mass is 35.5. The van der Waals surface area contributed by atoms with Crippen LogP contribution < -0.4 is 20.7 Å². The van der Waals surface area contributed by atoms with Crippen molar-refractivity contribution in [3.63, 3.8) is 0 Å². The van der Waals surface area contributed by atoms with Gasteiger partial charge in [0.05, 0.1) is 23.7 Å². The minimum absolute atomic E-state index is 0.0977. The quantitative estimate of drug-likeness (QED) is 0.290. The average Bonchev–Trinajstić information content (AvgIpc) is 3.73. The Morgan fingerprint density at radius 3 is 2.51 bits per heavy atom. The molecule has 1 aromatic heterocycles. The number of hydrogen-bond donors (Lipinski definition) is 0. The van der Waals surface area contributed by atoms with Gasteiger partial charge >= 0.3 is 5.69 Å². The summed E-state index contributed by atoms with van der Waals surface area (Å²) in [6.07, 6.45) is 4.16. The molecule has 1 unspecified atom stereocenters. The molecule has 2 aromatic carbocycles. The maximum absolute atomic E-state index is 12.3. The van der Waals surface area contributed by atoms with E-state index in [1.165, 1.54) is 29.7 Å². The summed E-state index contributed by atoms with van der Waals surface area (Å²) in [6.45, 7) is 3.30. The molecule has 1 fully saturated rings. The monoisotopic (exact) mass is 573 g/mol. The van der Waals surface area contributed by atoms with Crippen molar-refractivity contribution in [2.45, 2.75) is 45.3 Å². The minimum atomic E-state index is -0.397. The number of hydrogen-bond acceptors (Lipinski definition) is 6. The zero-order valence-corrected chi connectivity index (χ0v) is 23.9. The Morgan fingerprint density at radius 1 is 1.08 bits per heavy atom. The van der Waals surface area contributed by atoms with Crippen LogP contribution in [0.1, 0.15) is 43.4 Å². The van der Waals surface area contributed by atoms with Crippen molar-refractivity contribution in [1.82, 2.24) is 14.0 Å². The molecule has 8 nitrogen and oxygen atoms in total. The molecule has 3 aromatic rings. The first-order valence-electron chi connectivity index (χ1n) is 12.9. The maximum atomic E-state index is 12.3. The summed E-state index contributed by atoms with van der Waals surface area (Å²) in [5.41, 5.74) is 1.18. The number of benzene rings is 2. The second kappa shape index (κ2) is 12.9. The number of carbonyl (C=O) groups excluding carboxylic acids is 1. The van der Waals surface area contributed by atoms with Gasteiger partial charge in [0, 0.05) is 44.9 Å². The second-order valence-corrected chi connectivity index (χ2v) is 10.8. The number of aryl methyl sites for hydroxylation is 1. The van der Waals surface area contributed by atoms with E-state index in [9.17, 15) is 14.4 Å². The van der Waals surface area contributed by atoms with Crippen LogP contribution in [0.5, 0.6) is 11.5 Å². The third kappa shape index (κ3) is 7.53. The van der Waals surface area contributed by atoms with Gasteiger partial charge in [-0.15, -0.1) is 0 Å². The van der Waals surface area contributed by atoms with E-state index >= 15 is 0 Å². The van der Waals surface area contributed by atoms with Crippen LogP contribution in [0.3, 0.4) is 0 Å². The first-order chi connectivity index (χ1) is 18.7. The topological polar surface area (TPSA) is 82.8 Å². The lowest BCUT2D eigenvalue weighted by Gasteiger charge is -2.32. The summed E-state index contributed by atoms with van der Waals surface area (Å²) in [4.78, 5) is 38.9. The minimum Gasteiger partial charge on any atom is -0.493 e. The zero-order chi connectivity index (χ0) is 28.1. The predicted molar refractivity (Wildman–Crippen MR) is 152 cm³/mol. The van der Waals surface area contributed by atoms with Crippen LogP contribution in [0.2, 0.25) is 10.0 Å². The smallest absolute Gasteiger partial charge is 0.330 e. The first-order valence-corrected chi connectivity index (χ1v) is 13.7. The molecule has 1 heterocycles. The lowest BCUT2D eigenvalue weighted by atomic mass is 9.98. The molecule has 208 valence electrons. The van der Waals surface area contributed by atoms with Crippen LogP contribution in [0.15, 0.2) is 58.3 Å². The van der Waals surface area contributed by atoms with Crippen LogP contribution >= 0.6 is 23.2 Å². The van der Waals surface area contributed by atoms with Gasteiger partial charge in [0.1, 0.15) is 12.4 Å². The van der Waals surface area contributed by atoms with Crippen LogP contribution in [-0.4, -0.2) is 40.1 Å². The largest absolute Gasteiger partial charge is 0.493 e. The van der Waals surface area contributed by atoms with Crippen LogP contribution in [0, 0.1) is 5.92 Å². The van der Waals surface area contributed by atoms with Crippen molar-refractivity contribution in [3.05, 3.63) is 90.7 Å². The molecule has 0 saturated heterocycles. The fraction of sp³-hybridized carbons (Fsp3) is 0.414. The van der Waals surface area contributed by atoms with Crippen molar-refractivity contribution in [2.75, 3.05) is 20.3 Å². The average molecular weight is 575 g/mol. The van der Waals surface area contributed by atoms with Gasteiger partial charge in [-0.2, -0.15) is 0 Å². The standard InChI is InChI=1S/C29H33Cl2N3O5/c1-19(35)14-25(22-7-8-23(30)24(31)16-22)33(17-20-4-5-20)18-21-6-9-26(27(15-21)38-3)39-13-12-34-28(36)10-11-32(2)29(34)37/h6-11,15-16,20,25H,4-5,12-14,17-18H2,1-3H3. The Bertz CT molecular complexity index is 1450. The number of carbonyl (C=O) groups is 1. The van der Waals surface area contributed by atoms with E-state index in [0.29, 0.717) is 40.4 Å². The summed E-state index contributed by atoms with van der Waals surface area (Å²) < 4.78 is 14.0. The van der Waals surface area contributed by atoms with Crippen LogP contribution in [-0.2, 0) is 24.9 Å². The summed E-state index contributed by atoms with van der Waals surface area (Å²) >= 11 is 12.5. The van der Waals surface area contributed by atoms with Crippen molar-refractivity contribution in [1.29, 1.82) is 0 Å². The molecule has 4 rings (SSSR count). The zero-order valence-electron chi connectivity index (χ0n) is 22.4. The SMILES string of the molecule is COc1cc(CN(CC2CC2)C(CC(C)=O)c2ccc(Cl)c(Cl)c2)ccc1OCCn1c(=O)ccn(C)c1=O. The lowest BCUT2D eigenvalue weighted by molar-refractivity contribution is -0.118. The number of halogens is 2. The molecule has 10 heteroatoms. The number of ketones is 1. The molecule has 0 N–H and O–H groups in total. The van der Waals surface area contributed by atoms with Gasteiger partial charge in [-0.05, 0) is 61.1 Å². The molecular formula is C29H33Cl2N3O5. The molecule has 39 heavy (non-hydrogen) atoms. The van der Waals surface area contributed by atoms with Gasteiger partial charge in [-0.25, -0.2) is 4.79 Å². The van der Waals surface area contributed by atoms with Crippen molar-refractivity contribution in [3.8, 4) is 11.5 Å². The van der Waals surface area contributed by atoms with Crippen molar-refractivity contribution < 1.29 is 14.3 Å². The molecule has 1 atom stereocenters. The van der Waals surface area contributed by atoms with E-state index < -0.39 is 5.69 Å². The van der Waals surface area contributed by atoms with E-state index in [4.69, 9.17) is 32.7 Å². The first kappa shape index (κ1) is 28.9. The van der Waals surface area contributed by atoms with E-state index in [-0.39, 0.29) is 30.5 Å². The molecule has 0 amide bonds. The lowest BCUT2D eigenvalue weighted by Crippen LogP contribution is -2.39. The number of nitrogens with zero attached hydrogens (tertiary/aromatic N) is 3. The number of rotatable bonds is 13. The fourth-order valence-corrected chi connectivity index (χ4v) is 4.92. The van der Waals surface area contributed by atoms with E-state index in [0.717, 1.165) is 22.2 Å². The molecule has 0 spiro atoms. The highest BCUT2D eigenvalue weighted by Gasteiger charge is 2.30. The van der Waals surface area contributed by atoms with Gasteiger partial charge in [0.15, 0.2) is 11.5 Å². The van der Waals surface area contributed by atoms with Gasteiger partial charge in [-0.3, -0.25) is 19.1 Å². The van der Waals surface area contributed by atoms with Crippen LogP contribution in [0.25, 0.3) is 0 Å². The van der Waals surface area contributed by atoms with Gasteiger partial charge in [0.25, 0.3) is 5.56 Å². The Balaban J connectivity index is 1.53. The third-order valence-electron chi connectivity index (χ3n) is 6.87. The van der Waals surface area contributed by atoms with Crippen LogP contribution in [0.4, 0.5) is 0 Å². The Hall–Kier alpha value is -3.07. The molecule has 0 bridgehead atoms. The van der Waals surface area contributed by atoms with E-state index in [1.54, 1.807) is 27.1 Å². The molecule has 1 aliphatic carbocycles. The number of methoxy groups -OCH3 is 1. The van der Waals surface area contributed by atoms with Crippen molar-refractivity contribution in [2.24, 2.45) is 13.0 Å². The number of aromatic nitrogens is 2. The summed E-state index contributed by atoms with van der Waals surface area (Å²) in [5, 5.41) is 0.946. The Labute approximate surface area is 237 Å². The summed E-state index contributed by atoms with van der Waals surface area (Å²) in [6, 6.07) is 12.5. The van der Waals surface area contributed by atoms with E-state index in [2.05, 4.69) is 4.90 Å². The summed E-state index contributed by atoms with van der Waals surface area (Å²) in [5.74, 6) is 1.76. The fourth-order valence-electron chi connectivity index (χ4n) is 4.61. The molecule has 0 radical (unpaired) electrons. The number of ether oxygens (including phenoxy) is 2. The molecule has 0 aliphatic heterocycles. The normalized spacial score (nSPS) is 13.9. The van der Waals surface area contributed by atoms with Gasteiger partial charge < -0.3 is 14.0 Å². The Morgan fingerprint density at radius 2 is 1.85 bits per heavy atom. The molecule has 1 saturated carbocycles. The second-order valence-electron chi connectivity index (χ2n) is 10.0. The van der Waals surface area contributed by atoms with Crippen molar-refractivity contribution >= 4 is 29.0 Å².